The van der Waals surface area contributed by atoms with Gasteiger partial charge >= 0.3 is 6.18 Å². The molecule has 0 unspecified atom stereocenters. The summed E-state index contributed by atoms with van der Waals surface area (Å²) in [5.74, 6) is -1.97. The predicted molar refractivity (Wildman–Crippen MR) is 121 cm³/mol. The molecule has 0 saturated carbocycles. The van der Waals surface area contributed by atoms with Crippen LogP contribution in [0.25, 0.3) is 0 Å². The van der Waals surface area contributed by atoms with Gasteiger partial charge in [0.05, 0.1) is 17.0 Å². The highest BCUT2D eigenvalue weighted by molar-refractivity contribution is 6.04. The van der Waals surface area contributed by atoms with Crippen molar-refractivity contribution in [3.8, 4) is 0 Å². The molecule has 0 heterocycles. The third-order valence-corrected chi connectivity index (χ3v) is 4.82. The number of hydrogen-bond acceptors (Lipinski definition) is 5. The van der Waals surface area contributed by atoms with Gasteiger partial charge in [0.15, 0.2) is 0 Å². The van der Waals surface area contributed by atoms with E-state index in [-0.39, 0.29) is 22.6 Å². The number of anilines is 3. The molecule has 0 saturated heterocycles. The number of aryl methyl sites for hydroxylation is 1. The predicted octanol–water partition coefficient (Wildman–Crippen LogP) is 5.36. The normalized spacial score (nSPS) is 11.0. The van der Waals surface area contributed by atoms with Crippen LogP contribution >= 0.6 is 0 Å². The second-order valence-electron chi connectivity index (χ2n) is 7.38. The number of nitro groups is 1. The van der Waals surface area contributed by atoms with Crippen molar-refractivity contribution in [2.75, 3.05) is 22.5 Å². The number of non-ortho nitro benzene ring substituents is 1. The molecular weight excluding hydrogens is 472 g/mol. The molecule has 0 bridgehead atoms. The minimum atomic E-state index is -4.80. The number of carbonyl (C=O) groups excluding carboxylic acids is 2. The first-order chi connectivity index (χ1) is 16.4. The maximum Gasteiger partial charge on any atom is 0.418 e. The fourth-order valence-corrected chi connectivity index (χ4v) is 3.09. The number of alkyl halides is 3. The average molecular weight is 490 g/mol. The smallest absolute Gasteiger partial charge is 0.376 e. The Morgan fingerprint density at radius 3 is 2.20 bits per heavy atom. The molecular formula is C23H18F4N4O4. The Bertz CT molecular complexity index is 1280. The van der Waals surface area contributed by atoms with E-state index in [2.05, 4.69) is 16.0 Å². The van der Waals surface area contributed by atoms with Crippen LogP contribution in [0.2, 0.25) is 0 Å². The molecule has 0 spiro atoms. The highest BCUT2D eigenvalue weighted by atomic mass is 19.4. The zero-order valence-corrected chi connectivity index (χ0v) is 18.1. The van der Waals surface area contributed by atoms with Gasteiger partial charge in [0.2, 0.25) is 5.91 Å². The largest absolute Gasteiger partial charge is 0.418 e. The van der Waals surface area contributed by atoms with E-state index < -0.39 is 46.5 Å². The molecule has 2 amide bonds. The van der Waals surface area contributed by atoms with Gasteiger partial charge in [-0.1, -0.05) is 0 Å². The molecule has 3 rings (SSSR count). The van der Waals surface area contributed by atoms with E-state index in [1.54, 1.807) is 0 Å². The van der Waals surface area contributed by atoms with Crippen molar-refractivity contribution >= 4 is 34.6 Å². The van der Waals surface area contributed by atoms with Crippen LogP contribution in [0.1, 0.15) is 21.5 Å². The zero-order valence-electron chi connectivity index (χ0n) is 18.1. The van der Waals surface area contributed by atoms with E-state index in [1.807, 2.05) is 0 Å². The minimum absolute atomic E-state index is 0.0559. The highest BCUT2D eigenvalue weighted by Gasteiger charge is 2.34. The number of nitro benzene ring substituents is 1. The van der Waals surface area contributed by atoms with E-state index in [0.29, 0.717) is 11.6 Å². The Morgan fingerprint density at radius 1 is 0.943 bits per heavy atom. The molecule has 0 atom stereocenters. The van der Waals surface area contributed by atoms with Crippen LogP contribution in [-0.4, -0.2) is 23.3 Å². The molecule has 0 aromatic heterocycles. The molecule has 0 aliphatic carbocycles. The molecule has 3 N–H and O–H groups in total. The Kier molecular flexibility index (Phi) is 7.33. The molecule has 35 heavy (non-hydrogen) atoms. The third kappa shape index (κ3) is 6.53. The number of benzene rings is 3. The lowest BCUT2D eigenvalue weighted by molar-refractivity contribution is -0.384. The van der Waals surface area contributed by atoms with Gasteiger partial charge in [0, 0.05) is 34.8 Å². The summed E-state index contributed by atoms with van der Waals surface area (Å²) in [5.41, 5.74) is -1.09. The highest BCUT2D eigenvalue weighted by Crippen LogP contribution is 2.36. The molecule has 3 aromatic carbocycles. The summed E-state index contributed by atoms with van der Waals surface area (Å²) in [6.07, 6.45) is -4.80. The van der Waals surface area contributed by atoms with Gasteiger partial charge in [-0.2, -0.15) is 13.2 Å². The van der Waals surface area contributed by atoms with Gasteiger partial charge in [-0.15, -0.1) is 0 Å². The van der Waals surface area contributed by atoms with Gasteiger partial charge in [-0.3, -0.25) is 19.7 Å². The lowest BCUT2D eigenvalue weighted by atomic mass is 10.1. The van der Waals surface area contributed by atoms with Crippen LogP contribution in [0.5, 0.6) is 0 Å². The SMILES string of the molecule is Cc1cc([N+](=O)[O-])ccc1NC(=O)CNc1ccc(NC(=O)c2ccc(F)cc2)cc1C(F)(F)F. The van der Waals surface area contributed by atoms with E-state index in [0.717, 1.165) is 18.2 Å². The lowest BCUT2D eigenvalue weighted by Gasteiger charge is -2.17. The fraction of sp³-hybridized carbons (Fsp3) is 0.130. The van der Waals surface area contributed by atoms with E-state index in [1.165, 1.54) is 43.3 Å². The van der Waals surface area contributed by atoms with Crippen LogP contribution in [0.15, 0.2) is 60.7 Å². The summed E-state index contributed by atoms with van der Waals surface area (Å²) in [6, 6.07) is 11.2. The number of nitrogens with zero attached hydrogens (tertiary/aromatic N) is 1. The second-order valence-corrected chi connectivity index (χ2v) is 7.38. The summed E-state index contributed by atoms with van der Waals surface area (Å²) in [5, 5.41) is 18.0. The van der Waals surface area contributed by atoms with Crippen molar-refractivity contribution in [1.29, 1.82) is 0 Å². The molecule has 0 radical (unpaired) electrons. The Hall–Kier alpha value is -4.48. The fourth-order valence-electron chi connectivity index (χ4n) is 3.09. The maximum atomic E-state index is 13.6. The number of halogens is 4. The summed E-state index contributed by atoms with van der Waals surface area (Å²) < 4.78 is 53.8. The number of rotatable bonds is 7. The summed E-state index contributed by atoms with van der Waals surface area (Å²) >= 11 is 0. The van der Waals surface area contributed by atoms with Crippen molar-refractivity contribution in [1.82, 2.24) is 0 Å². The minimum Gasteiger partial charge on any atom is -0.376 e. The molecule has 12 heteroatoms. The van der Waals surface area contributed by atoms with Crippen molar-refractivity contribution < 1.29 is 32.1 Å². The third-order valence-electron chi connectivity index (χ3n) is 4.82. The lowest BCUT2D eigenvalue weighted by Crippen LogP contribution is -2.23. The molecule has 0 aliphatic heterocycles. The van der Waals surface area contributed by atoms with Crippen molar-refractivity contribution in [3.63, 3.8) is 0 Å². The standard InChI is InChI=1S/C23H18F4N4O4/c1-13-10-17(31(34)35)7-9-19(13)30-21(32)12-28-20-8-6-16(11-18(20)23(25,26)27)29-22(33)14-2-4-15(24)5-3-14/h2-11,28H,12H2,1H3,(H,29,33)(H,30,32). The Balaban J connectivity index is 1.71. The van der Waals surface area contributed by atoms with Crippen molar-refractivity contribution in [2.45, 2.75) is 13.1 Å². The first-order valence-electron chi connectivity index (χ1n) is 10.0. The summed E-state index contributed by atoms with van der Waals surface area (Å²) in [7, 11) is 0. The molecule has 182 valence electrons. The number of amides is 2. The summed E-state index contributed by atoms with van der Waals surface area (Å²) in [6.45, 7) is 1.01. The first-order valence-corrected chi connectivity index (χ1v) is 10.0. The van der Waals surface area contributed by atoms with Gasteiger partial charge in [0.1, 0.15) is 5.82 Å². The molecule has 0 aliphatic rings. The summed E-state index contributed by atoms with van der Waals surface area (Å²) in [4.78, 5) is 34.7. The Labute approximate surface area is 196 Å². The number of carbonyl (C=O) groups is 2. The molecule has 0 fully saturated rings. The van der Waals surface area contributed by atoms with Gasteiger partial charge < -0.3 is 16.0 Å². The van der Waals surface area contributed by atoms with E-state index >= 15 is 0 Å². The van der Waals surface area contributed by atoms with Crippen molar-refractivity contribution in [2.24, 2.45) is 0 Å². The molecule has 3 aromatic rings. The van der Waals surface area contributed by atoms with Gasteiger partial charge in [-0.25, -0.2) is 4.39 Å². The van der Waals surface area contributed by atoms with Crippen LogP contribution in [0.3, 0.4) is 0 Å². The zero-order chi connectivity index (χ0) is 25.8. The van der Waals surface area contributed by atoms with Crippen molar-refractivity contribution in [3.05, 3.63) is 93.3 Å². The monoisotopic (exact) mass is 490 g/mol. The number of hydrogen-bond donors (Lipinski definition) is 3. The van der Waals surface area contributed by atoms with E-state index in [4.69, 9.17) is 0 Å². The quantitative estimate of drug-likeness (QED) is 0.234. The van der Waals surface area contributed by atoms with Gasteiger partial charge in [-0.05, 0) is 61.0 Å². The van der Waals surface area contributed by atoms with Crippen LogP contribution in [0, 0.1) is 22.9 Å². The van der Waals surface area contributed by atoms with Crippen LogP contribution < -0.4 is 16.0 Å². The van der Waals surface area contributed by atoms with E-state index in [9.17, 15) is 37.3 Å². The average Bonchev–Trinajstić information content (AvgIpc) is 2.79. The van der Waals surface area contributed by atoms with Crippen LogP contribution in [0.4, 0.5) is 40.3 Å². The maximum absolute atomic E-state index is 13.6. The molecule has 8 nitrogen and oxygen atoms in total. The van der Waals surface area contributed by atoms with Gasteiger partial charge in [0.25, 0.3) is 11.6 Å². The number of nitrogens with one attached hydrogen (secondary N) is 3. The Morgan fingerprint density at radius 2 is 1.60 bits per heavy atom. The first kappa shape index (κ1) is 25.1. The topological polar surface area (TPSA) is 113 Å². The second kappa shape index (κ2) is 10.2. The van der Waals surface area contributed by atoms with Crippen LogP contribution in [-0.2, 0) is 11.0 Å².